The van der Waals surface area contributed by atoms with E-state index in [9.17, 15) is 0 Å². The molecule has 98 valence electrons. The van der Waals surface area contributed by atoms with Crippen molar-refractivity contribution in [2.75, 3.05) is 40.6 Å². The van der Waals surface area contributed by atoms with Gasteiger partial charge in [-0.1, -0.05) is 0 Å². The summed E-state index contributed by atoms with van der Waals surface area (Å²) in [6.45, 7) is 2.62. The van der Waals surface area contributed by atoms with Crippen molar-refractivity contribution in [1.29, 1.82) is 21.0 Å². The Balaban J connectivity index is 0. The summed E-state index contributed by atoms with van der Waals surface area (Å²) < 4.78 is 20.5. The van der Waals surface area contributed by atoms with E-state index in [1.54, 1.807) is 14.2 Å². The van der Waals surface area contributed by atoms with Gasteiger partial charge in [-0.3, -0.25) is 0 Å². The van der Waals surface area contributed by atoms with Crippen LogP contribution >= 0.6 is 0 Å². The predicted molar refractivity (Wildman–Crippen MR) is 62.8 cm³/mol. The molecular weight excluding hydrogens is 352 g/mol. The predicted octanol–water partition coefficient (Wildman–Crippen LogP) is -0.0179. The van der Waals surface area contributed by atoms with E-state index in [1.807, 2.05) is 0 Å². The van der Waals surface area contributed by atoms with Gasteiger partial charge in [0.1, 0.15) is 0 Å². The molecule has 7 nitrogen and oxygen atoms in total. The second-order valence-electron chi connectivity index (χ2n) is 2.58. The minimum absolute atomic E-state index is 0.653. The number of nitriles is 4. The van der Waals surface area contributed by atoms with Crippen LogP contribution in [0, 0.1) is 37.5 Å². The number of hydrogen-bond donors (Lipinski definition) is 0. The van der Waals surface area contributed by atoms with Crippen LogP contribution in [0.25, 0.3) is 0 Å². The fraction of sp³-hybridized carbons (Fsp3) is 0.600. The number of nitrogens with zero attached hydrogens (tertiary/aromatic N) is 4. The van der Waals surface area contributed by atoms with Gasteiger partial charge in [0.25, 0.3) is 0 Å². The molecule has 0 aromatic heterocycles. The van der Waals surface area contributed by atoms with Gasteiger partial charge in [0.05, 0.1) is 26.4 Å². The number of rotatable bonds is 6. The zero-order valence-electron chi connectivity index (χ0n) is 10.3. The van der Waals surface area contributed by atoms with Crippen LogP contribution in [0.1, 0.15) is 0 Å². The number of ether oxygens (including phenoxy) is 3. The van der Waals surface area contributed by atoms with Crippen LogP contribution in [0.5, 0.6) is 0 Å². The van der Waals surface area contributed by atoms with E-state index in [0.717, 1.165) is 0 Å². The Morgan fingerprint density at radius 2 is 1.06 bits per heavy atom. The van der Waals surface area contributed by atoms with Crippen molar-refractivity contribution in [2.45, 2.75) is 0 Å². The van der Waals surface area contributed by atoms with Crippen LogP contribution in [-0.4, -0.2) is 58.8 Å². The van der Waals surface area contributed by atoms with Gasteiger partial charge in [0.2, 0.25) is 0 Å². The maximum absolute atomic E-state index is 8.14. The average Bonchev–Trinajstić information content (AvgIpc) is 2.43. The second kappa shape index (κ2) is 13.7. The summed E-state index contributed by atoms with van der Waals surface area (Å²) in [4.78, 5) is 0. The Morgan fingerprint density at radius 3 is 1.22 bits per heavy atom. The van der Waals surface area contributed by atoms with Crippen LogP contribution < -0.4 is 0 Å². The fourth-order valence-electron chi connectivity index (χ4n) is 0.509. The topological polar surface area (TPSA) is 123 Å². The summed E-state index contributed by atoms with van der Waals surface area (Å²) in [5, 5.41) is 32.6. The molecule has 0 aliphatic rings. The molecule has 0 heterocycles. The van der Waals surface area contributed by atoms with Gasteiger partial charge in [0.15, 0.2) is 0 Å². The molecule has 0 N–H and O–H groups in total. The summed E-state index contributed by atoms with van der Waals surface area (Å²) in [6, 6.07) is 0. The van der Waals surface area contributed by atoms with E-state index in [1.165, 1.54) is 16.5 Å². The first-order chi connectivity index (χ1) is 8.66. The zero-order valence-corrected chi connectivity index (χ0v) is 12.6. The summed E-state index contributed by atoms with van der Waals surface area (Å²) in [5.41, 5.74) is 0. The van der Waals surface area contributed by atoms with Crippen molar-refractivity contribution in [3.63, 3.8) is 0 Å². The molecule has 0 saturated heterocycles. The van der Waals surface area contributed by atoms with Gasteiger partial charge < -0.3 is 14.2 Å². The summed E-state index contributed by atoms with van der Waals surface area (Å²) in [7, 11) is 3.30. The molecule has 0 aliphatic carbocycles. The number of methoxy groups -OCH3 is 2. The van der Waals surface area contributed by atoms with Gasteiger partial charge in [-0.25, -0.2) is 0 Å². The quantitative estimate of drug-likeness (QED) is 0.478. The fourth-order valence-corrected chi connectivity index (χ4v) is 1.21. The van der Waals surface area contributed by atoms with E-state index in [2.05, 4.69) is 0 Å². The van der Waals surface area contributed by atoms with Crippen molar-refractivity contribution in [1.82, 2.24) is 0 Å². The summed E-state index contributed by atoms with van der Waals surface area (Å²) >= 11 is -3.97. The average molecular weight is 366 g/mol. The van der Waals surface area contributed by atoms with E-state index in [0.29, 0.717) is 26.4 Å². The third-order valence-electron chi connectivity index (χ3n) is 1.41. The first-order valence-corrected chi connectivity index (χ1v) is 9.34. The summed E-state index contributed by atoms with van der Waals surface area (Å²) in [5.74, 6) is 0. The van der Waals surface area contributed by atoms with Gasteiger partial charge >= 0.3 is 55.7 Å². The molecule has 0 fully saturated rings. The van der Waals surface area contributed by atoms with Crippen molar-refractivity contribution in [3.05, 3.63) is 0 Å². The molecule has 0 amide bonds. The molecule has 0 rings (SSSR count). The SMILES string of the molecule is COCCOCCOC.N#C[Te](C#N)(C#N)C#N. The standard InChI is InChI=1S/C6H14O3.C4N4Te/c1-7-3-5-9-6-4-8-2;5-1-9(2-6,3-7)4-8/h3-6H2,1-2H3;. The first-order valence-electron chi connectivity index (χ1n) is 4.68. The van der Waals surface area contributed by atoms with Crippen LogP contribution in [0.3, 0.4) is 0 Å². The van der Waals surface area contributed by atoms with Gasteiger partial charge in [0, 0.05) is 14.2 Å². The van der Waals surface area contributed by atoms with E-state index in [-0.39, 0.29) is 0 Å². The van der Waals surface area contributed by atoms with Crippen molar-refractivity contribution in [3.8, 4) is 16.5 Å². The van der Waals surface area contributed by atoms with Crippen LogP contribution in [0.2, 0.25) is 0 Å². The Hall–Kier alpha value is -1.37. The second-order valence-corrected chi connectivity index (χ2v) is 8.16. The Kier molecular flexibility index (Phi) is 14.4. The molecule has 0 aromatic rings. The monoisotopic (exact) mass is 368 g/mol. The number of hydrogen-bond acceptors (Lipinski definition) is 7. The Morgan fingerprint density at radius 1 is 0.722 bits per heavy atom. The van der Waals surface area contributed by atoms with Crippen LogP contribution in [0.15, 0.2) is 0 Å². The molecular formula is C10H14N4O3Te. The molecule has 18 heavy (non-hydrogen) atoms. The van der Waals surface area contributed by atoms with Crippen LogP contribution in [-0.2, 0) is 14.2 Å². The first kappa shape index (κ1) is 19.0. The molecule has 0 spiro atoms. The van der Waals surface area contributed by atoms with Crippen LogP contribution in [0.4, 0.5) is 0 Å². The Labute approximate surface area is 111 Å². The molecule has 0 unspecified atom stereocenters. The van der Waals surface area contributed by atoms with Gasteiger partial charge in [-0.2, -0.15) is 0 Å². The molecule has 0 aromatic carbocycles. The molecule has 0 bridgehead atoms. The normalized spacial score (nSPS) is 9.67. The van der Waals surface area contributed by atoms with E-state index >= 15 is 0 Å². The van der Waals surface area contributed by atoms with Crippen molar-refractivity contribution < 1.29 is 14.2 Å². The molecule has 0 saturated carbocycles. The third kappa shape index (κ3) is 9.83. The maximum atomic E-state index is 8.14. The van der Waals surface area contributed by atoms with Gasteiger partial charge in [-0.15, -0.1) is 0 Å². The van der Waals surface area contributed by atoms with Gasteiger partial charge in [-0.05, 0) is 0 Å². The van der Waals surface area contributed by atoms with Crippen molar-refractivity contribution in [2.24, 2.45) is 0 Å². The third-order valence-corrected chi connectivity index (χ3v) is 4.54. The Bertz CT molecular complexity index is 307. The summed E-state index contributed by atoms with van der Waals surface area (Å²) in [6.07, 6.45) is 0. The van der Waals surface area contributed by atoms with Crippen molar-refractivity contribution >= 4 is 18.2 Å². The molecule has 0 atom stereocenters. The minimum atomic E-state index is -3.97. The molecule has 8 heteroatoms. The van der Waals surface area contributed by atoms with E-state index < -0.39 is 18.2 Å². The molecule has 0 aliphatic heterocycles. The van der Waals surface area contributed by atoms with E-state index in [4.69, 9.17) is 35.3 Å². The molecule has 0 radical (unpaired) electrons. The zero-order chi connectivity index (χ0) is 14.3.